The van der Waals surface area contributed by atoms with Crippen molar-refractivity contribution in [2.24, 2.45) is 5.92 Å². The van der Waals surface area contributed by atoms with Gasteiger partial charge < -0.3 is 9.15 Å². The van der Waals surface area contributed by atoms with E-state index in [1.54, 1.807) is 0 Å². The molecule has 3 rings (SSSR count). The van der Waals surface area contributed by atoms with Gasteiger partial charge in [-0.25, -0.2) is 13.1 Å². The van der Waals surface area contributed by atoms with Crippen LogP contribution in [0, 0.1) is 12.8 Å². The van der Waals surface area contributed by atoms with Gasteiger partial charge in [0, 0.05) is 19.6 Å². The van der Waals surface area contributed by atoms with E-state index in [-0.39, 0.29) is 11.5 Å². The normalized spacial score (nSPS) is 25.3. The molecule has 124 valence electrons. The number of likely N-dealkylation sites (tertiary alicyclic amines) is 1. The standard InChI is InChI=1S/C15H24N2O4S/c1-12-3-4-14(21-12)8-17-10-15(11-17)6-5-13(9-20-15)7-16-22(2,18)19/h3-4,13,16H,5-11H2,1-2H3. The molecule has 7 heteroatoms. The Labute approximate surface area is 131 Å². The summed E-state index contributed by atoms with van der Waals surface area (Å²) in [4.78, 5) is 2.33. The van der Waals surface area contributed by atoms with Crippen LogP contribution in [-0.4, -0.2) is 51.4 Å². The third kappa shape index (κ3) is 3.90. The molecule has 1 unspecified atom stereocenters. The van der Waals surface area contributed by atoms with Gasteiger partial charge in [0.2, 0.25) is 10.0 Å². The summed E-state index contributed by atoms with van der Waals surface area (Å²) in [7, 11) is -3.11. The molecule has 0 amide bonds. The Balaban J connectivity index is 1.41. The van der Waals surface area contributed by atoms with Crippen molar-refractivity contribution in [3.05, 3.63) is 23.7 Å². The fourth-order valence-corrected chi connectivity index (χ4v) is 3.81. The van der Waals surface area contributed by atoms with Gasteiger partial charge in [-0.15, -0.1) is 0 Å². The SMILES string of the molecule is Cc1ccc(CN2CC3(CCC(CNS(C)(=O)=O)CO3)C2)o1. The summed E-state index contributed by atoms with van der Waals surface area (Å²) in [5, 5.41) is 0. The highest BCUT2D eigenvalue weighted by Gasteiger charge is 2.46. The van der Waals surface area contributed by atoms with Crippen LogP contribution < -0.4 is 4.72 Å². The van der Waals surface area contributed by atoms with Crippen molar-refractivity contribution in [3.63, 3.8) is 0 Å². The van der Waals surface area contributed by atoms with Gasteiger partial charge in [0.25, 0.3) is 0 Å². The van der Waals surface area contributed by atoms with Crippen molar-refractivity contribution in [3.8, 4) is 0 Å². The maximum atomic E-state index is 11.1. The van der Waals surface area contributed by atoms with Crippen LogP contribution in [0.3, 0.4) is 0 Å². The molecular weight excluding hydrogens is 304 g/mol. The van der Waals surface area contributed by atoms with Crippen molar-refractivity contribution >= 4 is 10.0 Å². The van der Waals surface area contributed by atoms with Gasteiger partial charge in [0.15, 0.2) is 0 Å². The first-order valence-corrected chi connectivity index (χ1v) is 9.59. The summed E-state index contributed by atoms with van der Waals surface area (Å²) in [6.45, 7) is 5.76. The minimum atomic E-state index is -3.11. The van der Waals surface area contributed by atoms with E-state index in [1.165, 1.54) is 6.26 Å². The molecule has 1 atom stereocenters. The number of nitrogens with zero attached hydrogens (tertiary/aromatic N) is 1. The van der Waals surface area contributed by atoms with Crippen LogP contribution in [0.2, 0.25) is 0 Å². The molecule has 0 radical (unpaired) electrons. The van der Waals surface area contributed by atoms with E-state index in [0.29, 0.717) is 13.2 Å². The zero-order valence-corrected chi connectivity index (χ0v) is 14.0. The van der Waals surface area contributed by atoms with Crippen molar-refractivity contribution < 1.29 is 17.6 Å². The van der Waals surface area contributed by atoms with Crippen LogP contribution in [0.25, 0.3) is 0 Å². The Morgan fingerprint density at radius 3 is 2.73 bits per heavy atom. The van der Waals surface area contributed by atoms with Crippen LogP contribution in [0.15, 0.2) is 16.5 Å². The Morgan fingerprint density at radius 1 is 1.41 bits per heavy atom. The lowest BCUT2D eigenvalue weighted by Gasteiger charge is -2.52. The van der Waals surface area contributed by atoms with Gasteiger partial charge in [-0.3, -0.25) is 4.90 Å². The fourth-order valence-electron chi connectivity index (χ4n) is 3.27. The highest BCUT2D eigenvalue weighted by Crippen LogP contribution is 2.36. The molecule has 1 aromatic rings. The first kappa shape index (κ1) is 16.0. The number of ether oxygens (including phenoxy) is 1. The first-order valence-electron chi connectivity index (χ1n) is 7.70. The number of hydrogen-bond acceptors (Lipinski definition) is 5. The summed E-state index contributed by atoms with van der Waals surface area (Å²) >= 11 is 0. The van der Waals surface area contributed by atoms with E-state index in [4.69, 9.17) is 9.15 Å². The monoisotopic (exact) mass is 328 g/mol. The fraction of sp³-hybridized carbons (Fsp3) is 0.733. The molecule has 2 saturated heterocycles. The molecule has 2 aliphatic rings. The van der Waals surface area contributed by atoms with Gasteiger partial charge in [0.1, 0.15) is 11.5 Å². The number of hydrogen-bond donors (Lipinski definition) is 1. The molecule has 0 saturated carbocycles. The topological polar surface area (TPSA) is 71.8 Å². The predicted molar refractivity (Wildman–Crippen MR) is 83.0 cm³/mol. The number of rotatable bonds is 5. The van der Waals surface area contributed by atoms with Crippen molar-refractivity contribution in [1.82, 2.24) is 9.62 Å². The zero-order chi connectivity index (χ0) is 15.8. The molecule has 1 N–H and O–H groups in total. The number of aryl methyl sites for hydroxylation is 1. The Morgan fingerprint density at radius 2 is 2.18 bits per heavy atom. The number of furan rings is 1. The minimum absolute atomic E-state index is 0.0246. The third-order valence-electron chi connectivity index (χ3n) is 4.47. The molecule has 0 bridgehead atoms. The van der Waals surface area contributed by atoms with Gasteiger partial charge >= 0.3 is 0 Å². The first-order chi connectivity index (χ1) is 10.3. The van der Waals surface area contributed by atoms with E-state index in [0.717, 1.165) is 44.0 Å². The van der Waals surface area contributed by atoms with Gasteiger partial charge in [-0.2, -0.15) is 0 Å². The van der Waals surface area contributed by atoms with E-state index in [9.17, 15) is 8.42 Å². The molecular formula is C15H24N2O4S. The van der Waals surface area contributed by atoms with Crippen LogP contribution in [0.4, 0.5) is 0 Å². The molecule has 1 spiro atoms. The maximum absolute atomic E-state index is 11.1. The van der Waals surface area contributed by atoms with Crippen molar-refractivity contribution in [2.45, 2.75) is 31.9 Å². The third-order valence-corrected chi connectivity index (χ3v) is 5.16. The second-order valence-corrected chi connectivity index (χ2v) is 8.51. The number of sulfonamides is 1. The van der Waals surface area contributed by atoms with Crippen LogP contribution >= 0.6 is 0 Å². The van der Waals surface area contributed by atoms with Crippen molar-refractivity contribution in [2.75, 3.05) is 32.5 Å². The Bertz CT molecular complexity index is 609. The second kappa shape index (κ2) is 5.96. The van der Waals surface area contributed by atoms with Crippen LogP contribution in [0.5, 0.6) is 0 Å². The highest BCUT2D eigenvalue weighted by molar-refractivity contribution is 7.88. The van der Waals surface area contributed by atoms with Gasteiger partial charge in [-0.05, 0) is 37.8 Å². The van der Waals surface area contributed by atoms with Crippen LogP contribution in [-0.2, 0) is 21.3 Å². The second-order valence-electron chi connectivity index (χ2n) is 6.68. The lowest BCUT2D eigenvalue weighted by atomic mass is 9.83. The summed E-state index contributed by atoms with van der Waals surface area (Å²) in [6, 6.07) is 4.01. The Kier molecular flexibility index (Phi) is 4.33. The lowest BCUT2D eigenvalue weighted by Crippen LogP contribution is -2.64. The molecule has 3 heterocycles. The quantitative estimate of drug-likeness (QED) is 0.877. The van der Waals surface area contributed by atoms with Crippen LogP contribution in [0.1, 0.15) is 24.4 Å². The average molecular weight is 328 g/mol. The molecule has 6 nitrogen and oxygen atoms in total. The van der Waals surface area contributed by atoms with Gasteiger partial charge in [0.05, 0.1) is 25.0 Å². The molecule has 0 aromatic carbocycles. The summed E-state index contributed by atoms with van der Waals surface area (Å²) in [6.07, 6.45) is 3.20. The lowest BCUT2D eigenvalue weighted by molar-refractivity contribution is -0.181. The predicted octanol–water partition coefficient (Wildman–Crippen LogP) is 1.12. The van der Waals surface area contributed by atoms with E-state index in [2.05, 4.69) is 9.62 Å². The zero-order valence-electron chi connectivity index (χ0n) is 13.2. The largest absolute Gasteiger partial charge is 0.465 e. The smallest absolute Gasteiger partial charge is 0.208 e. The summed E-state index contributed by atoms with van der Waals surface area (Å²) < 4.78 is 36.5. The molecule has 2 fully saturated rings. The Hall–Kier alpha value is -0.890. The average Bonchev–Trinajstić information content (AvgIpc) is 2.81. The van der Waals surface area contributed by atoms with E-state index in [1.807, 2.05) is 19.1 Å². The summed E-state index contributed by atoms with van der Waals surface area (Å²) in [5.41, 5.74) is -0.0246. The summed E-state index contributed by atoms with van der Waals surface area (Å²) in [5.74, 6) is 2.22. The van der Waals surface area contributed by atoms with E-state index < -0.39 is 10.0 Å². The molecule has 2 aliphatic heterocycles. The molecule has 1 aromatic heterocycles. The van der Waals surface area contributed by atoms with Crippen molar-refractivity contribution in [1.29, 1.82) is 0 Å². The minimum Gasteiger partial charge on any atom is -0.465 e. The van der Waals surface area contributed by atoms with E-state index >= 15 is 0 Å². The molecule has 0 aliphatic carbocycles. The maximum Gasteiger partial charge on any atom is 0.208 e. The van der Waals surface area contributed by atoms with Gasteiger partial charge in [-0.1, -0.05) is 0 Å². The number of nitrogens with one attached hydrogen (secondary N) is 1. The highest BCUT2D eigenvalue weighted by atomic mass is 32.2. The molecule has 22 heavy (non-hydrogen) atoms.